The lowest BCUT2D eigenvalue weighted by atomic mass is 10.0. The molecule has 5 rings (SSSR count). The number of carbonyl (C=O) groups is 1. The molecule has 9 heteroatoms. The summed E-state index contributed by atoms with van der Waals surface area (Å²) in [6.07, 6.45) is 1.69. The summed E-state index contributed by atoms with van der Waals surface area (Å²) < 4.78 is 23.0. The predicted molar refractivity (Wildman–Crippen MR) is 145 cm³/mol. The van der Waals surface area contributed by atoms with Gasteiger partial charge < -0.3 is 9.30 Å². The summed E-state index contributed by atoms with van der Waals surface area (Å²) in [7, 11) is 1.54. The maximum absolute atomic E-state index is 15.4. The number of hydrogen-bond acceptors (Lipinski definition) is 5. The third-order valence-corrected chi connectivity index (χ3v) is 7.08. The van der Waals surface area contributed by atoms with Gasteiger partial charge in [0.05, 0.1) is 70.8 Å². The van der Waals surface area contributed by atoms with Crippen molar-refractivity contribution in [1.29, 1.82) is 10.5 Å². The lowest BCUT2D eigenvalue weighted by Crippen LogP contribution is -2.30. The van der Waals surface area contributed by atoms with E-state index < -0.39 is 11.9 Å². The number of ether oxygens (including phenoxy) is 1. The molecule has 4 aromatic rings. The van der Waals surface area contributed by atoms with Crippen molar-refractivity contribution < 1.29 is 13.9 Å². The van der Waals surface area contributed by atoms with Crippen LogP contribution in [-0.4, -0.2) is 22.6 Å². The largest absolute Gasteiger partial charge is 0.494 e. The highest BCUT2D eigenvalue weighted by molar-refractivity contribution is 6.31. The van der Waals surface area contributed by atoms with Crippen LogP contribution in [0.1, 0.15) is 58.8 Å². The summed E-state index contributed by atoms with van der Waals surface area (Å²) in [4.78, 5) is 19.8. The zero-order valence-corrected chi connectivity index (χ0v) is 22.2. The van der Waals surface area contributed by atoms with E-state index in [1.54, 1.807) is 48.7 Å². The Labute approximate surface area is 230 Å². The van der Waals surface area contributed by atoms with Crippen molar-refractivity contribution in [2.75, 3.05) is 12.0 Å². The molecule has 194 valence electrons. The number of methoxy groups -OCH3 is 1. The topological polar surface area (TPSA) is 94.9 Å². The van der Waals surface area contributed by atoms with Crippen LogP contribution in [0.3, 0.4) is 0 Å². The Morgan fingerprint density at radius 1 is 1.13 bits per heavy atom. The smallest absolute Gasteiger partial charge is 0.261 e. The van der Waals surface area contributed by atoms with Gasteiger partial charge in [-0.05, 0) is 55.8 Å². The van der Waals surface area contributed by atoms with Crippen LogP contribution in [0.15, 0.2) is 60.8 Å². The van der Waals surface area contributed by atoms with E-state index in [0.29, 0.717) is 45.1 Å². The van der Waals surface area contributed by atoms with Crippen molar-refractivity contribution in [3.05, 3.63) is 99.7 Å². The minimum Gasteiger partial charge on any atom is -0.494 e. The second kappa shape index (κ2) is 10.2. The average molecular weight is 540 g/mol. The van der Waals surface area contributed by atoms with Crippen molar-refractivity contribution in [2.45, 2.75) is 32.4 Å². The van der Waals surface area contributed by atoms with E-state index in [0.717, 1.165) is 0 Å². The van der Waals surface area contributed by atoms with Gasteiger partial charge in [0.2, 0.25) is 0 Å². The van der Waals surface area contributed by atoms with E-state index in [2.05, 4.69) is 17.1 Å². The third kappa shape index (κ3) is 4.29. The molecule has 0 bridgehead atoms. The van der Waals surface area contributed by atoms with E-state index in [9.17, 15) is 15.3 Å². The standard InChI is InChI=1S/C30H23ClFN5O2/c1-17(2)36-25(21-13-20(11-12-33)35-16-26(21)39-3)14-22-29(36)28(19-9-7-18(15-34)8-10-19)37(30(22)38)24-6-4-5-23(31)27(24)32/h4-10,13-14,16-17,28H,11H2,1-3H3. The van der Waals surface area contributed by atoms with Gasteiger partial charge in [-0.1, -0.05) is 29.8 Å². The van der Waals surface area contributed by atoms with Crippen LogP contribution in [-0.2, 0) is 6.42 Å². The van der Waals surface area contributed by atoms with Gasteiger partial charge in [-0.2, -0.15) is 10.5 Å². The number of halogens is 2. The van der Waals surface area contributed by atoms with Crippen LogP contribution in [0.4, 0.5) is 10.1 Å². The summed E-state index contributed by atoms with van der Waals surface area (Å²) >= 11 is 6.12. The Bertz CT molecular complexity index is 1680. The van der Waals surface area contributed by atoms with Crippen LogP contribution in [0.25, 0.3) is 11.3 Å². The number of aromatic nitrogens is 2. The van der Waals surface area contributed by atoms with E-state index >= 15 is 4.39 Å². The normalized spacial score (nSPS) is 14.3. The molecule has 1 amide bonds. The van der Waals surface area contributed by atoms with Crippen LogP contribution < -0.4 is 9.64 Å². The molecular formula is C30H23ClFN5O2. The first-order valence-corrected chi connectivity index (χ1v) is 12.6. The number of carbonyl (C=O) groups excluding carboxylic acids is 1. The van der Waals surface area contributed by atoms with Gasteiger partial charge in [0.25, 0.3) is 5.91 Å². The number of nitriles is 2. The predicted octanol–water partition coefficient (Wildman–Crippen LogP) is 6.62. The molecule has 0 radical (unpaired) electrons. The molecule has 2 aromatic carbocycles. The van der Waals surface area contributed by atoms with E-state index in [1.807, 2.05) is 18.4 Å². The number of nitrogens with zero attached hydrogens (tertiary/aromatic N) is 5. The second-order valence-electron chi connectivity index (χ2n) is 9.39. The SMILES string of the molecule is COc1cnc(CC#N)cc1-c1cc2c(n1C(C)C)C(c1ccc(C#N)cc1)N(c1cccc(Cl)c1F)C2=O. The van der Waals surface area contributed by atoms with Gasteiger partial charge in [0, 0.05) is 11.6 Å². The summed E-state index contributed by atoms with van der Waals surface area (Å²) in [6.45, 7) is 3.99. The Morgan fingerprint density at radius 3 is 2.51 bits per heavy atom. The number of benzene rings is 2. The van der Waals surface area contributed by atoms with Crippen LogP contribution in [0.5, 0.6) is 5.75 Å². The van der Waals surface area contributed by atoms with Crippen molar-refractivity contribution in [1.82, 2.24) is 9.55 Å². The first-order valence-electron chi connectivity index (χ1n) is 12.2. The van der Waals surface area contributed by atoms with Crippen molar-refractivity contribution in [2.24, 2.45) is 0 Å². The molecule has 0 spiro atoms. The van der Waals surface area contributed by atoms with Crippen LogP contribution >= 0.6 is 11.6 Å². The van der Waals surface area contributed by atoms with Gasteiger partial charge in [0.15, 0.2) is 5.82 Å². The number of fused-ring (bicyclic) bond motifs is 1. The summed E-state index contributed by atoms with van der Waals surface area (Å²) in [5, 5.41) is 18.5. The zero-order chi connectivity index (χ0) is 27.8. The summed E-state index contributed by atoms with van der Waals surface area (Å²) in [5.74, 6) is -0.578. The van der Waals surface area contributed by atoms with Crippen molar-refractivity contribution in [3.63, 3.8) is 0 Å². The number of amides is 1. The molecule has 3 heterocycles. The highest BCUT2D eigenvalue weighted by atomic mass is 35.5. The number of pyridine rings is 1. The fourth-order valence-electron chi connectivity index (χ4n) is 5.12. The maximum atomic E-state index is 15.4. The maximum Gasteiger partial charge on any atom is 0.261 e. The quantitative estimate of drug-likeness (QED) is 0.274. The third-order valence-electron chi connectivity index (χ3n) is 6.79. The molecule has 1 unspecified atom stereocenters. The van der Waals surface area contributed by atoms with Gasteiger partial charge in [-0.25, -0.2) is 4.39 Å². The number of anilines is 1. The lowest BCUT2D eigenvalue weighted by molar-refractivity contribution is 0.0992. The first-order chi connectivity index (χ1) is 18.8. The molecule has 1 atom stereocenters. The van der Waals surface area contributed by atoms with E-state index in [4.69, 9.17) is 16.3 Å². The van der Waals surface area contributed by atoms with Crippen LogP contribution in [0.2, 0.25) is 5.02 Å². The number of hydrogen-bond donors (Lipinski definition) is 0. The highest BCUT2D eigenvalue weighted by Crippen LogP contribution is 2.48. The monoisotopic (exact) mass is 539 g/mol. The second-order valence-corrected chi connectivity index (χ2v) is 9.79. The van der Waals surface area contributed by atoms with E-state index in [-0.39, 0.29) is 29.1 Å². The first kappa shape index (κ1) is 26.0. The molecule has 0 fully saturated rings. The fraction of sp³-hybridized carbons (Fsp3) is 0.200. The molecule has 0 N–H and O–H groups in total. The Balaban J connectivity index is 1.80. The molecule has 1 aliphatic heterocycles. The van der Waals surface area contributed by atoms with Gasteiger partial charge in [0.1, 0.15) is 11.8 Å². The van der Waals surface area contributed by atoms with Gasteiger partial charge in [-0.15, -0.1) is 0 Å². The van der Waals surface area contributed by atoms with Gasteiger partial charge >= 0.3 is 0 Å². The van der Waals surface area contributed by atoms with Crippen molar-refractivity contribution in [3.8, 4) is 29.1 Å². The molecule has 1 aliphatic rings. The Kier molecular flexibility index (Phi) is 6.82. The minimum absolute atomic E-state index is 0.0627. The number of rotatable bonds is 6. The molecule has 39 heavy (non-hydrogen) atoms. The van der Waals surface area contributed by atoms with Crippen molar-refractivity contribution >= 4 is 23.2 Å². The summed E-state index contributed by atoms with van der Waals surface area (Å²) in [6, 6.07) is 18.5. The average Bonchev–Trinajstić information content (AvgIpc) is 3.45. The molecule has 0 aliphatic carbocycles. The van der Waals surface area contributed by atoms with Crippen LogP contribution in [0, 0.1) is 28.5 Å². The van der Waals surface area contributed by atoms with Gasteiger partial charge in [-0.3, -0.25) is 14.7 Å². The molecule has 7 nitrogen and oxygen atoms in total. The summed E-state index contributed by atoms with van der Waals surface area (Å²) in [5.41, 5.74) is 4.30. The highest BCUT2D eigenvalue weighted by Gasteiger charge is 2.44. The lowest BCUT2D eigenvalue weighted by Gasteiger charge is -2.29. The minimum atomic E-state index is -0.698. The Hall–Kier alpha value is -4.66. The fourth-order valence-corrected chi connectivity index (χ4v) is 5.29. The molecule has 0 saturated carbocycles. The molecular weight excluding hydrogens is 517 g/mol. The zero-order valence-electron chi connectivity index (χ0n) is 21.4. The van der Waals surface area contributed by atoms with E-state index in [1.165, 1.54) is 24.1 Å². The molecule has 0 saturated heterocycles. The Morgan fingerprint density at radius 2 is 1.87 bits per heavy atom. The molecule has 2 aromatic heterocycles.